The molecule has 0 saturated carbocycles. The first kappa shape index (κ1) is 16.0. The first-order valence-corrected chi connectivity index (χ1v) is 7.56. The molecule has 1 aromatic heterocycles. The number of alkyl carbamates (subject to hydrolysis) is 1. The van der Waals surface area contributed by atoms with Crippen LogP contribution >= 0.6 is 11.3 Å². The van der Waals surface area contributed by atoms with E-state index in [1.54, 1.807) is 11.3 Å². The molecular formula is C14H24N2O2S. The summed E-state index contributed by atoms with van der Waals surface area (Å²) in [5.74, 6) is 0. The molecule has 1 atom stereocenters. The molecule has 1 rings (SSSR count). The number of amides is 1. The minimum atomic E-state index is -0.449. The van der Waals surface area contributed by atoms with Gasteiger partial charge in [0.1, 0.15) is 5.60 Å². The van der Waals surface area contributed by atoms with Crippen LogP contribution in [0.2, 0.25) is 0 Å². The standard InChI is InChI=1S/C14H24N2O2S/c1-5-12(15-8-11-6-7-19-10-11)9-16-13(17)18-14(2,3)4/h6-7,10,12,15H,5,8-9H2,1-4H3,(H,16,17). The fraction of sp³-hybridized carbons (Fsp3) is 0.643. The number of thiophene rings is 1. The first-order chi connectivity index (χ1) is 8.90. The van der Waals surface area contributed by atoms with Gasteiger partial charge in [-0.15, -0.1) is 0 Å². The van der Waals surface area contributed by atoms with Crippen molar-refractivity contribution in [3.63, 3.8) is 0 Å². The predicted octanol–water partition coefficient (Wildman–Crippen LogP) is 3.14. The van der Waals surface area contributed by atoms with E-state index in [9.17, 15) is 4.79 Å². The minimum absolute atomic E-state index is 0.257. The number of carbonyl (C=O) groups excluding carboxylic acids is 1. The molecule has 0 saturated heterocycles. The predicted molar refractivity (Wildman–Crippen MR) is 79.5 cm³/mol. The quantitative estimate of drug-likeness (QED) is 0.843. The fourth-order valence-electron chi connectivity index (χ4n) is 1.54. The Balaban J connectivity index is 2.26. The number of nitrogens with one attached hydrogen (secondary N) is 2. The normalized spacial score (nSPS) is 13.1. The van der Waals surface area contributed by atoms with E-state index in [2.05, 4.69) is 34.4 Å². The Hall–Kier alpha value is -1.07. The van der Waals surface area contributed by atoms with E-state index >= 15 is 0 Å². The molecule has 1 heterocycles. The lowest BCUT2D eigenvalue weighted by atomic mass is 10.2. The average molecular weight is 284 g/mol. The van der Waals surface area contributed by atoms with Gasteiger partial charge in [0.25, 0.3) is 0 Å². The van der Waals surface area contributed by atoms with Crippen LogP contribution in [-0.2, 0) is 11.3 Å². The summed E-state index contributed by atoms with van der Waals surface area (Å²) < 4.78 is 5.21. The van der Waals surface area contributed by atoms with Crippen molar-refractivity contribution in [1.82, 2.24) is 10.6 Å². The van der Waals surface area contributed by atoms with Crippen molar-refractivity contribution in [1.29, 1.82) is 0 Å². The van der Waals surface area contributed by atoms with E-state index in [4.69, 9.17) is 4.74 Å². The number of hydrogen-bond acceptors (Lipinski definition) is 4. The van der Waals surface area contributed by atoms with Crippen molar-refractivity contribution in [2.45, 2.75) is 52.3 Å². The fourth-order valence-corrected chi connectivity index (χ4v) is 2.21. The second kappa shape index (κ2) is 7.50. The molecule has 0 bridgehead atoms. The summed E-state index contributed by atoms with van der Waals surface area (Å²) in [4.78, 5) is 11.6. The van der Waals surface area contributed by atoms with Gasteiger partial charge in [0.2, 0.25) is 0 Å². The van der Waals surface area contributed by atoms with E-state index in [1.807, 2.05) is 20.8 Å². The van der Waals surface area contributed by atoms with Crippen molar-refractivity contribution in [2.75, 3.05) is 6.54 Å². The zero-order chi connectivity index (χ0) is 14.3. The van der Waals surface area contributed by atoms with Crippen LogP contribution in [0.1, 0.15) is 39.7 Å². The summed E-state index contributed by atoms with van der Waals surface area (Å²) in [6.07, 6.45) is 0.600. The molecule has 19 heavy (non-hydrogen) atoms. The molecule has 0 aliphatic rings. The van der Waals surface area contributed by atoms with Gasteiger partial charge in [-0.1, -0.05) is 6.92 Å². The van der Waals surface area contributed by atoms with Gasteiger partial charge in [-0.05, 0) is 49.6 Å². The van der Waals surface area contributed by atoms with Crippen molar-refractivity contribution >= 4 is 17.4 Å². The number of rotatable bonds is 6. The second-order valence-electron chi connectivity index (χ2n) is 5.50. The minimum Gasteiger partial charge on any atom is -0.444 e. The van der Waals surface area contributed by atoms with Crippen LogP contribution in [0, 0.1) is 0 Å². The number of ether oxygens (including phenoxy) is 1. The van der Waals surface area contributed by atoms with Crippen LogP contribution in [0.3, 0.4) is 0 Å². The van der Waals surface area contributed by atoms with Gasteiger partial charge in [0.05, 0.1) is 0 Å². The van der Waals surface area contributed by atoms with Crippen LogP contribution < -0.4 is 10.6 Å². The third-order valence-corrected chi connectivity index (χ3v) is 3.29. The summed E-state index contributed by atoms with van der Waals surface area (Å²) >= 11 is 1.69. The number of carbonyl (C=O) groups is 1. The molecule has 5 heteroatoms. The zero-order valence-corrected chi connectivity index (χ0v) is 13.0. The summed E-state index contributed by atoms with van der Waals surface area (Å²) in [6.45, 7) is 9.09. The first-order valence-electron chi connectivity index (χ1n) is 6.62. The third kappa shape index (κ3) is 7.18. The molecule has 4 nitrogen and oxygen atoms in total. The van der Waals surface area contributed by atoms with Crippen molar-refractivity contribution in [3.05, 3.63) is 22.4 Å². The maximum Gasteiger partial charge on any atom is 0.407 e. The van der Waals surface area contributed by atoms with Gasteiger partial charge in [-0.2, -0.15) is 11.3 Å². The Morgan fingerprint density at radius 3 is 2.74 bits per heavy atom. The van der Waals surface area contributed by atoms with Crippen molar-refractivity contribution in [3.8, 4) is 0 Å². The van der Waals surface area contributed by atoms with Crippen molar-refractivity contribution in [2.24, 2.45) is 0 Å². The SMILES string of the molecule is CCC(CNC(=O)OC(C)(C)C)NCc1ccsc1. The highest BCUT2D eigenvalue weighted by molar-refractivity contribution is 7.07. The summed E-state index contributed by atoms with van der Waals surface area (Å²) in [6, 6.07) is 2.36. The van der Waals surface area contributed by atoms with Crippen LogP contribution in [0.5, 0.6) is 0 Å². The van der Waals surface area contributed by atoms with Gasteiger partial charge < -0.3 is 15.4 Å². The van der Waals surface area contributed by atoms with E-state index in [1.165, 1.54) is 5.56 Å². The highest BCUT2D eigenvalue weighted by Gasteiger charge is 2.16. The molecule has 0 aliphatic heterocycles. The largest absolute Gasteiger partial charge is 0.444 e. The number of hydrogen-bond donors (Lipinski definition) is 2. The molecule has 0 fully saturated rings. The maximum absolute atomic E-state index is 11.6. The van der Waals surface area contributed by atoms with Gasteiger partial charge in [-0.3, -0.25) is 0 Å². The smallest absolute Gasteiger partial charge is 0.407 e. The van der Waals surface area contributed by atoms with Crippen LogP contribution in [0.15, 0.2) is 16.8 Å². The molecule has 108 valence electrons. The lowest BCUT2D eigenvalue weighted by Gasteiger charge is -2.22. The Kier molecular flexibility index (Phi) is 6.31. The molecule has 1 amide bonds. The van der Waals surface area contributed by atoms with Gasteiger partial charge in [-0.25, -0.2) is 4.79 Å². The highest BCUT2D eigenvalue weighted by atomic mass is 32.1. The molecule has 0 spiro atoms. The monoisotopic (exact) mass is 284 g/mol. The molecule has 2 N–H and O–H groups in total. The highest BCUT2D eigenvalue weighted by Crippen LogP contribution is 2.07. The van der Waals surface area contributed by atoms with Crippen LogP contribution in [-0.4, -0.2) is 24.3 Å². The van der Waals surface area contributed by atoms with Gasteiger partial charge >= 0.3 is 6.09 Å². The molecule has 1 aromatic rings. The van der Waals surface area contributed by atoms with Gasteiger partial charge in [0, 0.05) is 19.1 Å². The molecule has 1 unspecified atom stereocenters. The Bertz CT molecular complexity index is 371. The van der Waals surface area contributed by atoms with Crippen LogP contribution in [0.25, 0.3) is 0 Å². The topological polar surface area (TPSA) is 50.4 Å². The van der Waals surface area contributed by atoms with E-state index in [0.717, 1.165) is 13.0 Å². The Labute approximate surface area is 119 Å². The summed E-state index contributed by atoms with van der Waals surface area (Å²) in [5, 5.41) is 10.4. The van der Waals surface area contributed by atoms with E-state index in [-0.39, 0.29) is 12.1 Å². The Morgan fingerprint density at radius 1 is 1.47 bits per heavy atom. The Morgan fingerprint density at radius 2 is 2.21 bits per heavy atom. The summed E-state index contributed by atoms with van der Waals surface area (Å²) in [5.41, 5.74) is 0.830. The third-order valence-electron chi connectivity index (χ3n) is 2.56. The lowest BCUT2D eigenvalue weighted by molar-refractivity contribution is 0.0522. The molecular weight excluding hydrogens is 260 g/mol. The van der Waals surface area contributed by atoms with E-state index < -0.39 is 5.60 Å². The van der Waals surface area contributed by atoms with Crippen molar-refractivity contribution < 1.29 is 9.53 Å². The maximum atomic E-state index is 11.6. The molecule has 0 radical (unpaired) electrons. The average Bonchev–Trinajstić information content (AvgIpc) is 2.80. The van der Waals surface area contributed by atoms with Gasteiger partial charge in [0.15, 0.2) is 0 Å². The lowest BCUT2D eigenvalue weighted by Crippen LogP contribution is -2.42. The molecule has 0 aromatic carbocycles. The molecule has 0 aliphatic carbocycles. The summed E-state index contributed by atoms with van der Waals surface area (Å²) in [7, 11) is 0. The van der Waals surface area contributed by atoms with Crippen LogP contribution in [0.4, 0.5) is 4.79 Å². The zero-order valence-electron chi connectivity index (χ0n) is 12.2. The second-order valence-corrected chi connectivity index (χ2v) is 6.28. The van der Waals surface area contributed by atoms with E-state index in [0.29, 0.717) is 6.54 Å².